The van der Waals surface area contributed by atoms with Crippen LogP contribution in [0.5, 0.6) is 0 Å². The molecule has 0 radical (unpaired) electrons. The van der Waals surface area contributed by atoms with E-state index in [4.69, 9.17) is 0 Å². The molecule has 364 valence electrons. The van der Waals surface area contributed by atoms with Gasteiger partial charge in [0.1, 0.15) is 35.5 Å². The maximum absolute atomic E-state index is 13.8. The van der Waals surface area contributed by atoms with Gasteiger partial charge >= 0.3 is 12.2 Å². The first kappa shape index (κ1) is 51.6. The summed E-state index contributed by atoms with van der Waals surface area (Å²) in [6.07, 6.45) is 1.55. The fourth-order valence-corrected chi connectivity index (χ4v) is 8.30. The van der Waals surface area contributed by atoms with Crippen molar-refractivity contribution in [2.24, 2.45) is 11.8 Å². The zero-order valence-corrected chi connectivity index (χ0v) is 39.7. The summed E-state index contributed by atoms with van der Waals surface area (Å²) in [7, 11) is 2.35. The van der Waals surface area contributed by atoms with Gasteiger partial charge in [0.05, 0.1) is 24.1 Å². The van der Waals surface area contributed by atoms with Crippen molar-refractivity contribution in [2.45, 2.75) is 104 Å². The number of benzene rings is 3. The molecule has 4 atom stereocenters. The molecule has 2 fully saturated rings. The van der Waals surface area contributed by atoms with Crippen LogP contribution < -0.4 is 21.3 Å². The van der Waals surface area contributed by atoms with Gasteiger partial charge in [0, 0.05) is 25.2 Å². The molecule has 0 spiro atoms. The zero-order chi connectivity index (χ0) is 50.2. The topological polar surface area (TPSA) is 262 Å². The summed E-state index contributed by atoms with van der Waals surface area (Å²) >= 11 is 0. The van der Waals surface area contributed by atoms with E-state index in [0.29, 0.717) is 35.1 Å². The Kier molecular flexibility index (Phi) is 16.7. The van der Waals surface area contributed by atoms with Gasteiger partial charge in [-0.1, -0.05) is 84.9 Å². The van der Waals surface area contributed by atoms with E-state index < -0.39 is 81.2 Å². The fourth-order valence-electron chi connectivity index (χ4n) is 8.30. The second-order valence-corrected chi connectivity index (χ2v) is 18.5. The number of hydrogen-bond donors (Lipinski definition) is 4. The normalized spacial score (nSPS) is 17.0. The highest BCUT2D eigenvalue weighted by Crippen LogP contribution is 2.36. The number of nitrogens with zero attached hydrogens (tertiary/aromatic N) is 4. The number of hydrogen-bond acceptors (Lipinski definition) is 12. The van der Waals surface area contributed by atoms with E-state index in [1.54, 1.807) is 45.9 Å². The van der Waals surface area contributed by atoms with Gasteiger partial charge in [0.2, 0.25) is 23.6 Å². The van der Waals surface area contributed by atoms with Crippen molar-refractivity contribution in [1.29, 1.82) is 0 Å². The first-order valence-corrected chi connectivity index (χ1v) is 22.4. The Labute approximate surface area is 394 Å². The van der Waals surface area contributed by atoms with Crippen LogP contribution in [0.2, 0.25) is 0 Å². The van der Waals surface area contributed by atoms with Gasteiger partial charge in [0.25, 0.3) is 11.4 Å². The molecule has 2 aliphatic heterocycles. The van der Waals surface area contributed by atoms with E-state index in [0.717, 1.165) is 5.56 Å². The molecule has 20 nitrogen and oxygen atoms in total. The Morgan fingerprint density at radius 3 is 1.50 bits per heavy atom. The van der Waals surface area contributed by atoms with Gasteiger partial charge in [-0.3, -0.25) is 39.4 Å². The molecule has 3 aromatic carbocycles. The number of amides is 6. The van der Waals surface area contributed by atoms with Crippen LogP contribution in [0.4, 0.5) is 32.3 Å². The number of methoxy groups -OCH3 is 2. The Balaban J connectivity index is 1.49. The van der Waals surface area contributed by atoms with Crippen molar-refractivity contribution in [3.8, 4) is 0 Å². The number of nitrogens with one attached hydrogen (secondary N) is 4. The number of alkyl carbamates (subject to hydrolysis) is 2. The lowest BCUT2D eigenvalue weighted by molar-refractivity contribution is -0.384. The highest BCUT2D eigenvalue weighted by Gasteiger charge is 2.41. The summed E-state index contributed by atoms with van der Waals surface area (Å²) in [5.74, 6) is -2.96. The summed E-state index contributed by atoms with van der Waals surface area (Å²) in [5, 5.41) is 35.6. The van der Waals surface area contributed by atoms with Crippen molar-refractivity contribution in [3.63, 3.8) is 0 Å². The third-order valence-electron chi connectivity index (χ3n) is 12.1. The van der Waals surface area contributed by atoms with Crippen LogP contribution in [0, 0.1) is 32.1 Å². The Morgan fingerprint density at radius 1 is 0.662 bits per heavy atom. The van der Waals surface area contributed by atoms with Gasteiger partial charge in [-0.15, -0.1) is 0 Å². The van der Waals surface area contributed by atoms with Crippen LogP contribution in [-0.4, -0.2) is 107 Å². The lowest BCUT2D eigenvalue weighted by atomic mass is 9.85. The van der Waals surface area contributed by atoms with E-state index in [9.17, 15) is 49.0 Å². The minimum Gasteiger partial charge on any atom is -0.453 e. The van der Waals surface area contributed by atoms with Crippen LogP contribution in [0.15, 0.2) is 60.7 Å². The predicted molar refractivity (Wildman–Crippen MR) is 253 cm³/mol. The molecule has 2 saturated heterocycles. The number of carbonyl (C=O) groups excluding carboxylic acids is 6. The van der Waals surface area contributed by atoms with Crippen LogP contribution in [0.3, 0.4) is 0 Å². The first-order chi connectivity index (χ1) is 32.1. The molecular formula is C48H60N8O12. The molecule has 2 aliphatic rings. The molecule has 4 N–H and O–H groups in total. The Bertz CT molecular complexity index is 2460. The highest BCUT2D eigenvalue weighted by atomic mass is 16.6. The van der Waals surface area contributed by atoms with E-state index in [-0.39, 0.29) is 54.6 Å². The molecule has 3 aromatic rings. The van der Waals surface area contributed by atoms with E-state index in [1.807, 2.05) is 45.0 Å². The highest BCUT2D eigenvalue weighted by molar-refractivity contribution is 6.02. The third kappa shape index (κ3) is 12.1. The first-order valence-electron chi connectivity index (χ1n) is 22.4. The van der Waals surface area contributed by atoms with Crippen molar-refractivity contribution in [2.75, 3.05) is 37.9 Å². The number of nitro benzene ring substituents is 2. The minimum atomic E-state index is -0.981. The third-order valence-corrected chi connectivity index (χ3v) is 12.1. The summed E-state index contributed by atoms with van der Waals surface area (Å²) in [6, 6.07) is 12.0. The lowest BCUT2D eigenvalue weighted by Crippen LogP contribution is -2.54. The molecule has 68 heavy (non-hydrogen) atoms. The summed E-state index contributed by atoms with van der Waals surface area (Å²) in [4.78, 5) is 105. The zero-order valence-electron chi connectivity index (χ0n) is 39.7. The van der Waals surface area contributed by atoms with E-state index in [1.165, 1.54) is 48.3 Å². The predicted octanol–water partition coefficient (Wildman–Crippen LogP) is 7.01. The minimum absolute atomic E-state index is 0.127. The van der Waals surface area contributed by atoms with Gasteiger partial charge in [-0.05, 0) is 89.0 Å². The number of carbonyl (C=O) groups is 6. The number of likely N-dealkylation sites (tertiary alicyclic amines) is 2. The quantitative estimate of drug-likeness (QED) is 0.0681. The second-order valence-electron chi connectivity index (χ2n) is 18.5. The summed E-state index contributed by atoms with van der Waals surface area (Å²) in [5.41, 5.74) is 1.30. The molecule has 5 rings (SSSR count). The smallest absolute Gasteiger partial charge is 0.407 e. The van der Waals surface area contributed by atoms with Crippen LogP contribution in [-0.2, 0) is 34.1 Å². The van der Waals surface area contributed by atoms with Crippen LogP contribution >= 0.6 is 0 Å². The lowest BCUT2D eigenvalue weighted by Gasteiger charge is -2.30. The monoisotopic (exact) mass is 940 g/mol. The summed E-state index contributed by atoms with van der Waals surface area (Å²) in [6.45, 7) is 13.5. The van der Waals surface area contributed by atoms with Gasteiger partial charge in [-0.2, -0.15) is 0 Å². The molecule has 0 unspecified atom stereocenters. The average molecular weight is 941 g/mol. The maximum Gasteiger partial charge on any atom is 0.407 e. The van der Waals surface area contributed by atoms with E-state index in [2.05, 4.69) is 30.7 Å². The van der Waals surface area contributed by atoms with Gasteiger partial charge in [-0.25, -0.2) is 9.59 Å². The Morgan fingerprint density at radius 2 is 1.09 bits per heavy atom. The molecular weight excluding hydrogens is 881 g/mol. The largest absolute Gasteiger partial charge is 0.453 e. The molecule has 6 amide bonds. The van der Waals surface area contributed by atoms with Crippen LogP contribution in [0.25, 0.3) is 11.6 Å². The second kappa shape index (κ2) is 21.9. The maximum atomic E-state index is 13.8. The van der Waals surface area contributed by atoms with Crippen molar-refractivity contribution in [1.82, 2.24) is 20.4 Å². The number of rotatable bonds is 15. The van der Waals surface area contributed by atoms with Gasteiger partial charge < -0.3 is 40.5 Å². The molecule has 0 aromatic heterocycles. The number of nitro groups is 2. The SMILES string of the molecule is COC(=O)N[C@H](C(=O)N1CCC[C@H]1C(=O)Nc1ccc(C=C(c2ccc(C(C)(C)C)cc2)c2ccc(NC(=O)[C@@H]3CCCN3C(=O)[C@@H](NC(=O)OC)C(C)C)c([N+](=O)[O-])c2)cc1[N+](=O)[O-])C(C)C. The van der Waals surface area contributed by atoms with Crippen molar-refractivity contribution < 1.29 is 48.1 Å². The average Bonchev–Trinajstić information content (AvgIpc) is 4.00. The van der Waals surface area contributed by atoms with Crippen molar-refractivity contribution in [3.05, 3.63) is 103 Å². The standard InChI is InChI=1S/C48H60N8O12/c1-27(2)40(51-46(61)67-8)44(59)53-22-10-12-36(53)42(57)49-34-20-14-29(25-38(34)55(63)64)24-33(30-15-18-32(19-16-30)48(5,6)7)31-17-21-35(39(26-31)56(65)66)50-43(58)37-13-11-23-54(37)45(60)41(28(3)4)52-47(62)68-9/h14-21,24-28,36-37,40-41H,10-13,22-23H2,1-9H3,(H,49,57)(H,50,58)(H,51,61)(H,52,62)/t36-,37-,40-,41-/m0/s1. The molecule has 0 aliphatic carbocycles. The van der Waals surface area contributed by atoms with Crippen molar-refractivity contribution >= 4 is 70.2 Å². The number of anilines is 2. The molecule has 0 saturated carbocycles. The van der Waals surface area contributed by atoms with Gasteiger partial charge in [0.15, 0.2) is 0 Å². The van der Waals surface area contributed by atoms with Crippen LogP contribution in [0.1, 0.15) is 96.4 Å². The molecule has 0 bridgehead atoms. The molecule has 2 heterocycles. The summed E-state index contributed by atoms with van der Waals surface area (Å²) < 4.78 is 9.37. The number of ether oxygens (including phenoxy) is 2. The molecule has 20 heteroatoms. The Hall–Kier alpha value is -7.38. The fraction of sp³-hybridized carbons (Fsp3) is 0.458. The van der Waals surface area contributed by atoms with E-state index >= 15 is 0 Å².